The highest BCUT2D eigenvalue weighted by molar-refractivity contribution is 5.92. The van der Waals surface area contributed by atoms with Gasteiger partial charge < -0.3 is 14.8 Å². The average Bonchev–Trinajstić information content (AvgIpc) is 3.70. The van der Waals surface area contributed by atoms with E-state index in [4.69, 9.17) is 4.52 Å². The number of nitrogens with one attached hydrogen (secondary N) is 2. The number of hydrogen-bond acceptors (Lipinski definition) is 8. The van der Waals surface area contributed by atoms with Crippen LogP contribution in [0.25, 0.3) is 33.7 Å². The number of aromatic amines is 1. The summed E-state index contributed by atoms with van der Waals surface area (Å²) >= 11 is 0. The van der Waals surface area contributed by atoms with Crippen molar-refractivity contribution in [1.29, 1.82) is 5.26 Å². The number of carbonyl (C=O) groups is 1. The number of alkyl halides is 3. The number of nitriles is 1. The van der Waals surface area contributed by atoms with E-state index in [2.05, 4.69) is 41.6 Å². The maximum Gasteiger partial charge on any atom is 0.416 e. The molecule has 0 saturated heterocycles. The van der Waals surface area contributed by atoms with Crippen LogP contribution in [0.3, 0.4) is 0 Å². The van der Waals surface area contributed by atoms with Crippen molar-refractivity contribution in [2.45, 2.75) is 58.3 Å². The molecule has 0 unspecified atom stereocenters. The highest BCUT2D eigenvalue weighted by Crippen LogP contribution is 2.37. The van der Waals surface area contributed by atoms with Crippen molar-refractivity contribution in [1.82, 2.24) is 40.2 Å². The molecule has 0 aliphatic heterocycles. The van der Waals surface area contributed by atoms with E-state index in [9.17, 15) is 23.2 Å². The number of benzene rings is 1. The van der Waals surface area contributed by atoms with E-state index in [1.54, 1.807) is 32.3 Å². The first-order chi connectivity index (χ1) is 19.7. The standard InChI is InChI=1S/C28H26F3N9O2/c1-26(2,3)25-38-24(42-39-25)23(41)34-11-16-7-6-15(10-19(16)28(29,30)31)18-8-9-33-22-20(18)36-21(37-22)17-12-35-40(13-17)27(4,5)14-32/h6-10,12-13H,11H2,1-5H3,(H,34,41)(H,33,36,37). The van der Waals surface area contributed by atoms with Gasteiger partial charge in [0.2, 0.25) is 0 Å². The Balaban J connectivity index is 1.45. The second-order valence-corrected chi connectivity index (χ2v) is 11.2. The summed E-state index contributed by atoms with van der Waals surface area (Å²) in [4.78, 5) is 28.5. The molecular formula is C28H26F3N9O2. The molecule has 0 aliphatic carbocycles. The third-order valence-electron chi connectivity index (χ3n) is 6.54. The van der Waals surface area contributed by atoms with Crippen molar-refractivity contribution in [3.63, 3.8) is 0 Å². The van der Waals surface area contributed by atoms with Gasteiger partial charge in [-0.1, -0.05) is 38.1 Å². The SMILES string of the molecule is CC(C)(C)c1noc(C(=O)NCc2ccc(-c3ccnc4[nH]c(-c5cnn(C(C)(C)C#N)c5)nc34)cc2C(F)(F)F)n1. The lowest BCUT2D eigenvalue weighted by Crippen LogP contribution is -2.25. The van der Waals surface area contributed by atoms with Crippen LogP contribution in [-0.4, -0.2) is 40.8 Å². The third kappa shape index (κ3) is 5.45. The van der Waals surface area contributed by atoms with Gasteiger partial charge in [0.05, 0.1) is 23.4 Å². The number of aromatic nitrogens is 7. The van der Waals surface area contributed by atoms with Crippen LogP contribution in [0.1, 0.15) is 62.3 Å². The molecule has 0 saturated carbocycles. The smallest absolute Gasteiger partial charge is 0.344 e. The number of fused-ring (bicyclic) bond motifs is 1. The van der Waals surface area contributed by atoms with E-state index >= 15 is 0 Å². The van der Waals surface area contributed by atoms with Crippen molar-refractivity contribution >= 4 is 17.1 Å². The maximum absolute atomic E-state index is 14.2. The third-order valence-corrected chi connectivity index (χ3v) is 6.54. The van der Waals surface area contributed by atoms with Crippen molar-refractivity contribution in [2.24, 2.45) is 0 Å². The van der Waals surface area contributed by atoms with E-state index in [-0.39, 0.29) is 17.0 Å². The number of H-pyrrole nitrogens is 1. The molecule has 5 rings (SSSR count). The Bertz CT molecular complexity index is 1840. The van der Waals surface area contributed by atoms with Crippen molar-refractivity contribution in [3.05, 3.63) is 65.7 Å². The Morgan fingerprint density at radius 3 is 2.55 bits per heavy atom. The predicted octanol–water partition coefficient (Wildman–Crippen LogP) is 5.38. The number of imidazole rings is 1. The minimum absolute atomic E-state index is 0.143. The quantitative estimate of drug-likeness (QED) is 0.273. The average molecular weight is 578 g/mol. The Morgan fingerprint density at radius 1 is 1.12 bits per heavy atom. The minimum Gasteiger partial charge on any atom is -0.344 e. The summed E-state index contributed by atoms with van der Waals surface area (Å²) in [5.41, 5.74) is -0.411. The first-order valence-corrected chi connectivity index (χ1v) is 12.8. The van der Waals surface area contributed by atoms with Gasteiger partial charge in [-0.25, -0.2) is 9.97 Å². The van der Waals surface area contributed by atoms with Crippen LogP contribution in [0.2, 0.25) is 0 Å². The largest absolute Gasteiger partial charge is 0.416 e. The van der Waals surface area contributed by atoms with E-state index in [0.717, 1.165) is 6.07 Å². The molecular weight excluding hydrogens is 551 g/mol. The molecule has 0 aliphatic rings. The minimum atomic E-state index is -4.70. The zero-order valence-electron chi connectivity index (χ0n) is 23.3. The monoisotopic (exact) mass is 577 g/mol. The number of rotatable bonds is 6. The molecule has 4 heterocycles. The van der Waals surface area contributed by atoms with Crippen molar-refractivity contribution < 1.29 is 22.5 Å². The first-order valence-electron chi connectivity index (χ1n) is 12.8. The van der Waals surface area contributed by atoms with Gasteiger partial charge >= 0.3 is 18.0 Å². The van der Waals surface area contributed by atoms with E-state index in [0.29, 0.717) is 33.9 Å². The van der Waals surface area contributed by atoms with Gasteiger partial charge in [0.25, 0.3) is 0 Å². The van der Waals surface area contributed by atoms with Gasteiger partial charge in [-0.3, -0.25) is 9.48 Å². The lowest BCUT2D eigenvalue weighted by molar-refractivity contribution is -0.138. The molecule has 1 aromatic carbocycles. The van der Waals surface area contributed by atoms with Crippen LogP contribution in [-0.2, 0) is 23.7 Å². The Hall–Kier alpha value is -5.06. The molecule has 0 spiro atoms. The molecule has 0 fully saturated rings. The normalized spacial score (nSPS) is 12.5. The summed E-state index contributed by atoms with van der Waals surface area (Å²) in [7, 11) is 0. The fourth-order valence-corrected chi connectivity index (χ4v) is 4.12. The van der Waals surface area contributed by atoms with Crippen LogP contribution in [0.15, 0.2) is 47.4 Å². The molecule has 0 bridgehead atoms. The zero-order valence-corrected chi connectivity index (χ0v) is 23.3. The number of nitrogens with zero attached hydrogens (tertiary/aromatic N) is 7. The maximum atomic E-state index is 14.2. The van der Waals surface area contributed by atoms with Crippen LogP contribution < -0.4 is 5.32 Å². The van der Waals surface area contributed by atoms with Crippen LogP contribution in [0, 0.1) is 11.3 Å². The number of carbonyl (C=O) groups excluding carboxylic acids is 1. The second kappa shape index (κ2) is 10.1. The van der Waals surface area contributed by atoms with Gasteiger partial charge in [0.15, 0.2) is 11.5 Å². The summed E-state index contributed by atoms with van der Waals surface area (Å²) in [6.07, 6.45) is -0.0340. The van der Waals surface area contributed by atoms with Gasteiger partial charge in [0, 0.05) is 29.9 Å². The zero-order chi connectivity index (χ0) is 30.4. The lowest BCUT2D eigenvalue weighted by Gasteiger charge is -2.15. The number of halogens is 3. The number of hydrogen-bond donors (Lipinski definition) is 2. The molecule has 14 heteroatoms. The molecule has 2 N–H and O–H groups in total. The van der Waals surface area contributed by atoms with Crippen LogP contribution in [0.4, 0.5) is 13.2 Å². The second-order valence-electron chi connectivity index (χ2n) is 11.2. The van der Waals surface area contributed by atoms with Crippen molar-refractivity contribution in [3.8, 4) is 28.6 Å². The van der Waals surface area contributed by atoms with Gasteiger partial charge in [0.1, 0.15) is 16.9 Å². The van der Waals surface area contributed by atoms with E-state index < -0.39 is 35.1 Å². The van der Waals surface area contributed by atoms with Gasteiger partial charge in [-0.2, -0.15) is 28.5 Å². The van der Waals surface area contributed by atoms with Crippen LogP contribution >= 0.6 is 0 Å². The van der Waals surface area contributed by atoms with Crippen LogP contribution in [0.5, 0.6) is 0 Å². The highest BCUT2D eigenvalue weighted by atomic mass is 19.4. The van der Waals surface area contributed by atoms with E-state index in [1.165, 1.54) is 23.0 Å². The molecule has 5 aromatic rings. The Morgan fingerprint density at radius 2 is 1.88 bits per heavy atom. The summed E-state index contributed by atoms with van der Waals surface area (Å²) in [5, 5.41) is 19.8. The Labute approximate surface area is 237 Å². The molecule has 4 aromatic heterocycles. The molecule has 216 valence electrons. The summed E-state index contributed by atoms with van der Waals surface area (Å²) in [6.45, 7) is 8.52. The highest BCUT2D eigenvalue weighted by Gasteiger charge is 2.34. The van der Waals surface area contributed by atoms with Gasteiger partial charge in [-0.05, 0) is 37.1 Å². The van der Waals surface area contributed by atoms with Gasteiger partial charge in [-0.15, -0.1) is 0 Å². The fourth-order valence-electron chi connectivity index (χ4n) is 4.12. The topological polar surface area (TPSA) is 151 Å². The molecule has 0 atom stereocenters. The lowest BCUT2D eigenvalue weighted by atomic mass is 9.96. The first kappa shape index (κ1) is 28.5. The molecule has 1 amide bonds. The summed E-state index contributed by atoms with van der Waals surface area (Å²) < 4.78 is 49.0. The van der Waals surface area contributed by atoms with E-state index in [1.807, 2.05) is 20.8 Å². The molecule has 0 radical (unpaired) electrons. The summed E-state index contributed by atoms with van der Waals surface area (Å²) in [5.74, 6) is -0.411. The molecule has 11 nitrogen and oxygen atoms in total. The Kier molecular flexibility index (Phi) is 6.84. The fraction of sp³-hybridized carbons (Fsp3) is 0.321. The summed E-state index contributed by atoms with van der Waals surface area (Å²) in [6, 6.07) is 7.59. The number of amides is 1. The van der Waals surface area contributed by atoms with Crippen molar-refractivity contribution in [2.75, 3.05) is 0 Å². The predicted molar refractivity (Wildman–Crippen MR) is 145 cm³/mol. The number of pyridine rings is 1. The molecule has 42 heavy (non-hydrogen) atoms.